The van der Waals surface area contributed by atoms with Gasteiger partial charge in [0.25, 0.3) is 11.5 Å². The third-order valence-corrected chi connectivity index (χ3v) is 5.01. The number of carbonyl (C=O) groups excluding carboxylic acids is 1. The lowest BCUT2D eigenvalue weighted by Crippen LogP contribution is -2.27. The van der Waals surface area contributed by atoms with Crippen LogP contribution in [0.2, 0.25) is 0 Å². The summed E-state index contributed by atoms with van der Waals surface area (Å²) in [7, 11) is 0. The number of rotatable bonds is 4. The van der Waals surface area contributed by atoms with Gasteiger partial charge in [0, 0.05) is 22.7 Å². The minimum absolute atomic E-state index is 0.171. The van der Waals surface area contributed by atoms with Crippen molar-refractivity contribution in [3.63, 3.8) is 0 Å². The SMILES string of the molecule is Cc1cc(C)c(CNC(=O)c2ccc(-c3ccc(F)cc3)s2)c(=O)[nH]1. The van der Waals surface area contributed by atoms with Gasteiger partial charge in [-0.25, -0.2) is 4.39 Å². The number of hydrogen-bond acceptors (Lipinski definition) is 3. The van der Waals surface area contributed by atoms with Crippen LogP contribution in [0.1, 0.15) is 26.5 Å². The molecule has 3 rings (SSSR count). The third kappa shape index (κ3) is 3.85. The first-order chi connectivity index (χ1) is 11.9. The van der Waals surface area contributed by atoms with Crippen molar-refractivity contribution in [2.24, 2.45) is 0 Å². The first kappa shape index (κ1) is 17.1. The number of nitrogens with one attached hydrogen (secondary N) is 2. The molecule has 0 saturated carbocycles. The molecule has 6 heteroatoms. The minimum Gasteiger partial charge on any atom is -0.347 e. The van der Waals surface area contributed by atoms with E-state index in [1.807, 2.05) is 26.0 Å². The van der Waals surface area contributed by atoms with Gasteiger partial charge in [-0.15, -0.1) is 11.3 Å². The fraction of sp³-hybridized carbons (Fsp3) is 0.158. The first-order valence-electron chi connectivity index (χ1n) is 7.77. The first-order valence-corrected chi connectivity index (χ1v) is 8.59. The van der Waals surface area contributed by atoms with Gasteiger partial charge < -0.3 is 10.3 Å². The van der Waals surface area contributed by atoms with Crippen LogP contribution in [0.5, 0.6) is 0 Å². The molecule has 0 aliphatic heterocycles. The van der Waals surface area contributed by atoms with Crippen molar-refractivity contribution in [1.82, 2.24) is 10.3 Å². The summed E-state index contributed by atoms with van der Waals surface area (Å²) in [4.78, 5) is 28.5. The van der Waals surface area contributed by atoms with Crippen molar-refractivity contribution in [2.75, 3.05) is 0 Å². The monoisotopic (exact) mass is 356 g/mol. The largest absolute Gasteiger partial charge is 0.347 e. The molecule has 0 aliphatic carbocycles. The summed E-state index contributed by atoms with van der Waals surface area (Å²) in [5, 5.41) is 2.78. The van der Waals surface area contributed by atoms with Gasteiger partial charge in [-0.1, -0.05) is 12.1 Å². The number of carbonyl (C=O) groups is 1. The molecule has 4 nitrogen and oxygen atoms in total. The lowest BCUT2D eigenvalue weighted by Gasteiger charge is -2.07. The molecule has 0 aliphatic rings. The van der Waals surface area contributed by atoms with Crippen LogP contribution in [0.4, 0.5) is 4.39 Å². The van der Waals surface area contributed by atoms with E-state index in [4.69, 9.17) is 0 Å². The van der Waals surface area contributed by atoms with E-state index in [9.17, 15) is 14.0 Å². The maximum atomic E-state index is 13.0. The molecule has 2 N–H and O–H groups in total. The van der Waals surface area contributed by atoms with Crippen LogP contribution in [0, 0.1) is 19.7 Å². The number of H-pyrrole nitrogens is 1. The summed E-state index contributed by atoms with van der Waals surface area (Å²) in [5.74, 6) is -0.533. The van der Waals surface area contributed by atoms with E-state index in [1.54, 1.807) is 18.2 Å². The predicted octanol–water partition coefficient (Wildman–Crippen LogP) is 3.79. The standard InChI is InChI=1S/C19H17FN2O2S/c1-11-9-12(2)22-18(23)15(11)10-21-19(24)17-8-7-16(25-17)13-3-5-14(20)6-4-13/h3-9H,10H2,1-2H3,(H,21,24)(H,22,23). The summed E-state index contributed by atoms with van der Waals surface area (Å²) in [5.41, 5.74) is 2.86. The van der Waals surface area contributed by atoms with Gasteiger partial charge in [0.15, 0.2) is 0 Å². The number of aryl methyl sites for hydroxylation is 2. The number of aromatic nitrogens is 1. The summed E-state index contributed by atoms with van der Waals surface area (Å²) >= 11 is 1.33. The maximum absolute atomic E-state index is 13.0. The summed E-state index contributed by atoms with van der Waals surface area (Å²) in [6.07, 6.45) is 0. The van der Waals surface area contributed by atoms with E-state index in [1.165, 1.54) is 23.5 Å². The van der Waals surface area contributed by atoms with Crippen LogP contribution in [0.3, 0.4) is 0 Å². The number of amides is 1. The zero-order valence-electron chi connectivity index (χ0n) is 13.9. The van der Waals surface area contributed by atoms with Gasteiger partial charge in [0.1, 0.15) is 5.82 Å². The molecule has 2 aromatic heterocycles. The molecule has 0 unspecified atom stereocenters. The Morgan fingerprint density at radius 3 is 2.56 bits per heavy atom. The summed E-state index contributed by atoms with van der Waals surface area (Å²) in [6, 6.07) is 11.6. The van der Waals surface area contributed by atoms with Gasteiger partial charge in [-0.05, 0) is 55.3 Å². The number of hydrogen-bond donors (Lipinski definition) is 2. The molecule has 0 spiro atoms. The number of aromatic amines is 1. The van der Waals surface area contributed by atoms with Crippen LogP contribution in [0.25, 0.3) is 10.4 Å². The lowest BCUT2D eigenvalue weighted by molar-refractivity contribution is 0.0955. The van der Waals surface area contributed by atoms with Crippen molar-refractivity contribution in [1.29, 1.82) is 0 Å². The molecule has 0 bridgehead atoms. The summed E-state index contributed by atoms with van der Waals surface area (Å²) < 4.78 is 13.0. The second-order valence-electron chi connectivity index (χ2n) is 5.80. The molecule has 1 aromatic carbocycles. The average molecular weight is 356 g/mol. The number of halogens is 1. The van der Waals surface area contributed by atoms with Crippen LogP contribution in [0.15, 0.2) is 47.3 Å². The Morgan fingerprint density at radius 1 is 1.16 bits per heavy atom. The van der Waals surface area contributed by atoms with E-state index in [0.717, 1.165) is 21.7 Å². The molecule has 0 saturated heterocycles. The Hall–Kier alpha value is -2.73. The second kappa shape index (κ2) is 7.03. The van der Waals surface area contributed by atoms with E-state index in [0.29, 0.717) is 10.4 Å². The number of benzene rings is 1. The van der Waals surface area contributed by atoms with Crippen molar-refractivity contribution < 1.29 is 9.18 Å². The molecular weight excluding hydrogens is 339 g/mol. The lowest BCUT2D eigenvalue weighted by atomic mass is 10.1. The van der Waals surface area contributed by atoms with Crippen LogP contribution >= 0.6 is 11.3 Å². The number of pyridine rings is 1. The highest BCUT2D eigenvalue weighted by Crippen LogP contribution is 2.28. The van der Waals surface area contributed by atoms with Crippen molar-refractivity contribution in [2.45, 2.75) is 20.4 Å². The Balaban J connectivity index is 1.72. The van der Waals surface area contributed by atoms with Crippen LogP contribution in [-0.2, 0) is 6.54 Å². The smallest absolute Gasteiger partial charge is 0.261 e. The fourth-order valence-electron chi connectivity index (χ4n) is 2.59. The Labute approximate surface area is 148 Å². The molecule has 2 heterocycles. The van der Waals surface area contributed by atoms with Gasteiger partial charge in [-0.3, -0.25) is 9.59 Å². The quantitative estimate of drug-likeness (QED) is 0.747. The van der Waals surface area contributed by atoms with E-state index >= 15 is 0 Å². The molecule has 0 fully saturated rings. The van der Waals surface area contributed by atoms with E-state index < -0.39 is 0 Å². The maximum Gasteiger partial charge on any atom is 0.261 e. The highest BCUT2D eigenvalue weighted by atomic mass is 32.1. The average Bonchev–Trinajstić information content (AvgIpc) is 3.04. The minimum atomic E-state index is -0.294. The van der Waals surface area contributed by atoms with Crippen LogP contribution in [-0.4, -0.2) is 10.9 Å². The molecule has 25 heavy (non-hydrogen) atoms. The Kier molecular flexibility index (Phi) is 4.81. The van der Waals surface area contributed by atoms with Gasteiger partial charge >= 0.3 is 0 Å². The molecule has 0 radical (unpaired) electrons. The predicted molar refractivity (Wildman–Crippen MR) is 97.4 cm³/mol. The summed E-state index contributed by atoms with van der Waals surface area (Å²) in [6.45, 7) is 3.84. The topological polar surface area (TPSA) is 62.0 Å². The normalized spacial score (nSPS) is 10.7. The van der Waals surface area contributed by atoms with Crippen molar-refractivity contribution in [3.8, 4) is 10.4 Å². The number of thiophene rings is 1. The Morgan fingerprint density at radius 2 is 1.88 bits per heavy atom. The fourth-order valence-corrected chi connectivity index (χ4v) is 3.51. The zero-order valence-corrected chi connectivity index (χ0v) is 14.7. The third-order valence-electron chi connectivity index (χ3n) is 3.88. The molecule has 128 valence electrons. The zero-order chi connectivity index (χ0) is 18.0. The highest BCUT2D eigenvalue weighted by molar-refractivity contribution is 7.17. The van der Waals surface area contributed by atoms with Crippen molar-refractivity contribution >= 4 is 17.2 Å². The van der Waals surface area contributed by atoms with Gasteiger partial charge in [0.2, 0.25) is 0 Å². The molecular formula is C19H17FN2O2S. The molecule has 0 atom stereocenters. The van der Waals surface area contributed by atoms with Gasteiger partial charge in [0.05, 0.1) is 4.88 Å². The molecule has 3 aromatic rings. The highest BCUT2D eigenvalue weighted by Gasteiger charge is 2.12. The van der Waals surface area contributed by atoms with Crippen LogP contribution < -0.4 is 10.9 Å². The van der Waals surface area contributed by atoms with Gasteiger partial charge in [-0.2, -0.15) is 0 Å². The van der Waals surface area contributed by atoms with E-state index in [2.05, 4.69) is 10.3 Å². The molecule has 1 amide bonds. The Bertz CT molecular complexity index is 974. The second-order valence-corrected chi connectivity index (χ2v) is 6.88. The van der Waals surface area contributed by atoms with E-state index in [-0.39, 0.29) is 23.8 Å². The van der Waals surface area contributed by atoms with Crippen molar-refractivity contribution in [3.05, 3.63) is 80.3 Å².